The Morgan fingerprint density at radius 1 is 0.935 bits per heavy atom. The molecule has 1 aromatic rings. The number of nitro groups is 2. The molecule has 0 saturated heterocycles. The SMILES string of the molecule is COC(=O)c1cc(N(CCOS(C)(=O)=O)CCOS(C)(=O)=O)c([N+](=O)[O-])cc1[N+](=O)[O-]. The highest BCUT2D eigenvalue weighted by Gasteiger charge is 2.31. The molecule has 0 N–H and O–H groups in total. The van der Waals surface area contributed by atoms with E-state index in [2.05, 4.69) is 13.1 Å². The Kier molecular flexibility index (Phi) is 8.79. The lowest BCUT2D eigenvalue weighted by Gasteiger charge is -2.24. The van der Waals surface area contributed by atoms with Crippen molar-refractivity contribution in [2.24, 2.45) is 0 Å². The first-order chi connectivity index (χ1) is 14.2. The van der Waals surface area contributed by atoms with Crippen LogP contribution in [-0.4, -0.2) is 78.6 Å². The molecule has 0 spiro atoms. The molecule has 0 heterocycles. The number of rotatable bonds is 12. The van der Waals surface area contributed by atoms with E-state index in [-0.39, 0.29) is 18.8 Å². The first-order valence-corrected chi connectivity index (χ1v) is 11.8. The van der Waals surface area contributed by atoms with Crippen LogP contribution >= 0.6 is 0 Å². The summed E-state index contributed by atoms with van der Waals surface area (Å²) in [4.78, 5) is 33.8. The van der Waals surface area contributed by atoms with Crippen LogP contribution in [0.15, 0.2) is 12.1 Å². The van der Waals surface area contributed by atoms with Crippen molar-refractivity contribution in [3.63, 3.8) is 0 Å². The van der Waals surface area contributed by atoms with Gasteiger partial charge in [-0.2, -0.15) is 16.8 Å². The fourth-order valence-electron chi connectivity index (χ4n) is 2.34. The summed E-state index contributed by atoms with van der Waals surface area (Å²) in [5, 5.41) is 22.8. The fraction of sp³-hybridized carbons (Fsp3) is 0.500. The molecule has 0 radical (unpaired) electrons. The number of anilines is 1. The molecule has 0 amide bonds. The van der Waals surface area contributed by atoms with Crippen molar-refractivity contribution in [1.29, 1.82) is 0 Å². The number of hydrogen-bond acceptors (Lipinski definition) is 13. The number of esters is 1. The molecule has 174 valence electrons. The second kappa shape index (κ2) is 10.4. The van der Waals surface area contributed by atoms with Crippen molar-refractivity contribution in [1.82, 2.24) is 0 Å². The summed E-state index contributed by atoms with van der Waals surface area (Å²) in [6.45, 7) is -1.67. The maximum Gasteiger partial charge on any atom is 0.344 e. The average Bonchev–Trinajstić information content (AvgIpc) is 2.63. The molecule has 31 heavy (non-hydrogen) atoms. The zero-order valence-electron chi connectivity index (χ0n) is 16.5. The molecular weight excluding hydrogens is 466 g/mol. The lowest BCUT2D eigenvalue weighted by molar-refractivity contribution is -0.393. The second-order valence-electron chi connectivity index (χ2n) is 5.90. The maximum atomic E-state index is 12.0. The highest BCUT2D eigenvalue weighted by Crippen LogP contribution is 2.35. The zero-order valence-corrected chi connectivity index (χ0v) is 18.2. The molecule has 1 aromatic carbocycles. The Bertz CT molecular complexity index is 1030. The van der Waals surface area contributed by atoms with Crippen LogP contribution in [0.5, 0.6) is 0 Å². The normalized spacial score (nSPS) is 11.7. The van der Waals surface area contributed by atoms with Gasteiger partial charge in [-0.15, -0.1) is 0 Å². The van der Waals surface area contributed by atoms with Gasteiger partial charge in [0.1, 0.15) is 11.3 Å². The lowest BCUT2D eigenvalue weighted by Crippen LogP contribution is -2.33. The summed E-state index contributed by atoms with van der Waals surface area (Å²) in [5.74, 6) is -1.15. The quantitative estimate of drug-likeness (QED) is 0.166. The van der Waals surface area contributed by atoms with Gasteiger partial charge in [0.25, 0.3) is 31.6 Å². The Balaban J connectivity index is 3.51. The number of benzene rings is 1. The number of hydrogen-bond donors (Lipinski definition) is 0. The van der Waals surface area contributed by atoms with Crippen molar-refractivity contribution >= 4 is 43.3 Å². The van der Waals surface area contributed by atoms with Gasteiger partial charge in [-0.1, -0.05) is 0 Å². The number of ether oxygens (including phenoxy) is 1. The van der Waals surface area contributed by atoms with Crippen molar-refractivity contribution in [2.45, 2.75) is 0 Å². The second-order valence-corrected chi connectivity index (χ2v) is 9.19. The first-order valence-electron chi connectivity index (χ1n) is 8.15. The molecule has 0 fully saturated rings. The van der Waals surface area contributed by atoms with Crippen LogP contribution < -0.4 is 4.90 Å². The van der Waals surface area contributed by atoms with Gasteiger partial charge in [0, 0.05) is 13.1 Å². The van der Waals surface area contributed by atoms with Gasteiger partial charge in [0.2, 0.25) is 0 Å². The van der Waals surface area contributed by atoms with Crippen molar-refractivity contribution < 1.29 is 44.6 Å². The average molecular weight is 485 g/mol. The third-order valence-electron chi connectivity index (χ3n) is 3.55. The largest absolute Gasteiger partial charge is 0.465 e. The molecule has 1 rings (SSSR count). The number of nitro benzene ring substituents is 2. The molecule has 0 aliphatic heterocycles. The lowest BCUT2D eigenvalue weighted by atomic mass is 10.1. The molecule has 0 aliphatic carbocycles. The van der Waals surface area contributed by atoms with Crippen LogP contribution in [0, 0.1) is 20.2 Å². The van der Waals surface area contributed by atoms with E-state index in [1.54, 1.807) is 0 Å². The van der Waals surface area contributed by atoms with E-state index < -0.39 is 66.2 Å². The zero-order chi connectivity index (χ0) is 24.0. The van der Waals surface area contributed by atoms with Gasteiger partial charge in [0.15, 0.2) is 0 Å². The van der Waals surface area contributed by atoms with E-state index >= 15 is 0 Å². The van der Waals surface area contributed by atoms with Gasteiger partial charge in [0.05, 0.1) is 48.7 Å². The Labute approximate surface area is 177 Å². The number of nitrogens with zero attached hydrogens (tertiary/aromatic N) is 3. The summed E-state index contributed by atoms with van der Waals surface area (Å²) in [5.41, 5.74) is -2.63. The van der Waals surface area contributed by atoms with Crippen LogP contribution in [0.1, 0.15) is 10.4 Å². The minimum Gasteiger partial charge on any atom is -0.465 e. The van der Waals surface area contributed by atoms with Crippen LogP contribution in [0.4, 0.5) is 17.1 Å². The van der Waals surface area contributed by atoms with E-state index in [1.807, 2.05) is 0 Å². The van der Waals surface area contributed by atoms with Gasteiger partial charge >= 0.3 is 5.97 Å². The first kappa shape index (κ1) is 26.1. The smallest absolute Gasteiger partial charge is 0.344 e. The van der Waals surface area contributed by atoms with Crippen molar-refractivity contribution in [2.75, 3.05) is 50.8 Å². The molecule has 0 atom stereocenters. The molecule has 15 nitrogen and oxygen atoms in total. The monoisotopic (exact) mass is 485 g/mol. The highest BCUT2D eigenvalue weighted by atomic mass is 32.2. The number of methoxy groups -OCH3 is 1. The number of carbonyl (C=O) groups excluding carboxylic acids is 1. The van der Waals surface area contributed by atoms with Crippen LogP contribution in [-0.2, 0) is 33.3 Å². The van der Waals surface area contributed by atoms with Crippen molar-refractivity contribution in [3.8, 4) is 0 Å². The third kappa shape index (κ3) is 8.40. The molecule has 0 aromatic heterocycles. The van der Waals surface area contributed by atoms with Gasteiger partial charge in [-0.05, 0) is 6.07 Å². The minimum atomic E-state index is -3.87. The standard InChI is InChI=1S/C14H19N3O12S2/c1-27-14(18)10-8-12(13(17(21)22)9-11(10)16(19)20)15(4-6-28-30(2,23)24)5-7-29-31(3,25)26/h8-9H,4-7H2,1-3H3. The summed E-state index contributed by atoms with van der Waals surface area (Å²) in [6, 6.07) is 1.37. The van der Waals surface area contributed by atoms with Crippen LogP contribution in [0.2, 0.25) is 0 Å². The Morgan fingerprint density at radius 2 is 1.39 bits per heavy atom. The molecule has 0 aliphatic rings. The van der Waals surface area contributed by atoms with Gasteiger partial charge in [-0.3, -0.25) is 28.6 Å². The fourth-order valence-corrected chi connectivity index (χ4v) is 3.09. The predicted octanol–water partition coefficient (Wildman–Crippen LogP) is 0.0484. The Hall–Kier alpha value is -2.89. The molecule has 0 unspecified atom stereocenters. The van der Waals surface area contributed by atoms with E-state index in [0.717, 1.165) is 30.6 Å². The Morgan fingerprint density at radius 3 is 1.74 bits per heavy atom. The van der Waals surface area contributed by atoms with E-state index in [1.165, 1.54) is 0 Å². The van der Waals surface area contributed by atoms with E-state index in [9.17, 15) is 41.9 Å². The molecule has 17 heteroatoms. The van der Waals surface area contributed by atoms with Gasteiger partial charge < -0.3 is 9.64 Å². The summed E-state index contributed by atoms with van der Waals surface area (Å²) in [7, 11) is -6.78. The highest BCUT2D eigenvalue weighted by molar-refractivity contribution is 7.86. The van der Waals surface area contributed by atoms with Crippen molar-refractivity contribution in [3.05, 3.63) is 37.9 Å². The van der Waals surface area contributed by atoms with Crippen LogP contribution in [0.3, 0.4) is 0 Å². The molecule has 0 bridgehead atoms. The van der Waals surface area contributed by atoms with E-state index in [0.29, 0.717) is 6.07 Å². The topological polar surface area (TPSA) is 203 Å². The molecular formula is C14H19N3O12S2. The van der Waals surface area contributed by atoms with Gasteiger partial charge in [-0.25, -0.2) is 4.79 Å². The molecule has 0 saturated carbocycles. The predicted molar refractivity (Wildman–Crippen MR) is 105 cm³/mol. The van der Waals surface area contributed by atoms with Crippen LogP contribution in [0.25, 0.3) is 0 Å². The summed E-state index contributed by atoms with van der Waals surface area (Å²) < 4.78 is 58.4. The maximum absolute atomic E-state index is 12.0. The summed E-state index contributed by atoms with van der Waals surface area (Å²) in [6.07, 6.45) is 1.54. The summed E-state index contributed by atoms with van der Waals surface area (Å²) >= 11 is 0. The third-order valence-corrected chi connectivity index (χ3v) is 4.74. The minimum absolute atomic E-state index is 0.334. The van der Waals surface area contributed by atoms with E-state index in [4.69, 9.17) is 0 Å². The number of carbonyl (C=O) groups is 1.